The lowest BCUT2D eigenvalue weighted by atomic mass is 9.82. The molecule has 44 heavy (non-hydrogen) atoms. The van der Waals surface area contributed by atoms with Gasteiger partial charge in [-0.3, -0.25) is 0 Å². The van der Waals surface area contributed by atoms with Crippen molar-refractivity contribution in [3.05, 3.63) is 29.8 Å². The molecule has 2 saturated carbocycles. The summed E-state index contributed by atoms with van der Waals surface area (Å²) in [7, 11) is 0. The molecule has 1 aromatic rings. The van der Waals surface area contributed by atoms with Crippen molar-refractivity contribution in [2.75, 3.05) is 6.61 Å². The van der Waals surface area contributed by atoms with Crippen LogP contribution in [0.15, 0.2) is 24.3 Å². The van der Waals surface area contributed by atoms with Crippen molar-refractivity contribution in [3.63, 3.8) is 0 Å². The average Bonchev–Trinajstić information content (AvgIpc) is 3.04. The van der Waals surface area contributed by atoms with Crippen LogP contribution in [0.4, 0.5) is 8.78 Å². The van der Waals surface area contributed by atoms with Gasteiger partial charge in [-0.2, -0.15) is 0 Å². The molecule has 7 heteroatoms. The van der Waals surface area contributed by atoms with E-state index in [0.717, 1.165) is 121 Å². The van der Waals surface area contributed by atoms with E-state index in [0.29, 0.717) is 18.4 Å². The van der Waals surface area contributed by atoms with Gasteiger partial charge in [-0.25, -0.2) is 18.4 Å². The molecule has 2 aliphatic carbocycles. The zero-order valence-corrected chi connectivity index (χ0v) is 27.4. The van der Waals surface area contributed by atoms with E-state index in [4.69, 9.17) is 14.2 Å². The van der Waals surface area contributed by atoms with Crippen LogP contribution in [0, 0.1) is 5.92 Å². The molecule has 0 N–H and O–H groups in total. The van der Waals surface area contributed by atoms with Gasteiger partial charge in [0.1, 0.15) is 18.0 Å². The number of unbranched alkanes of at least 4 members (excludes halogenated alkanes) is 8. The Balaban J connectivity index is 1.27. The van der Waals surface area contributed by atoms with Gasteiger partial charge in [0.25, 0.3) is 0 Å². The van der Waals surface area contributed by atoms with Crippen molar-refractivity contribution < 1.29 is 32.6 Å². The Kier molecular flexibility index (Phi) is 17.1. The fraction of sp³-hybridized carbons (Fsp3) is 0.784. The average molecular weight is 621 g/mol. The molecule has 2 aliphatic rings. The molecule has 3 rings (SSSR count). The first-order chi connectivity index (χ1) is 21.4. The highest BCUT2D eigenvalue weighted by atomic mass is 19.1. The highest BCUT2D eigenvalue weighted by Crippen LogP contribution is 2.35. The Morgan fingerprint density at radius 3 is 1.59 bits per heavy atom. The molecule has 0 radical (unpaired) electrons. The van der Waals surface area contributed by atoms with Crippen molar-refractivity contribution in [2.45, 2.75) is 173 Å². The summed E-state index contributed by atoms with van der Waals surface area (Å²) in [5, 5.41) is 0. The molecule has 0 aromatic heterocycles. The van der Waals surface area contributed by atoms with Crippen molar-refractivity contribution in [3.8, 4) is 5.75 Å². The monoisotopic (exact) mass is 620 g/mol. The number of esters is 2. The fourth-order valence-electron chi connectivity index (χ4n) is 6.55. The molecule has 250 valence electrons. The Bertz CT molecular complexity index is 922. The van der Waals surface area contributed by atoms with Gasteiger partial charge in [0.15, 0.2) is 12.3 Å². The molecule has 0 bridgehead atoms. The maximum atomic E-state index is 14.3. The summed E-state index contributed by atoms with van der Waals surface area (Å²) in [6.07, 6.45) is 14.1. The first-order valence-electron chi connectivity index (χ1n) is 17.8. The van der Waals surface area contributed by atoms with Crippen LogP contribution in [0.25, 0.3) is 0 Å². The van der Waals surface area contributed by atoms with Crippen LogP contribution in [0.3, 0.4) is 0 Å². The summed E-state index contributed by atoms with van der Waals surface area (Å²) in [6.45, 7) is 4.91. The number of hydrogen-bond acceptors (Lipinski definition) is 5. The van der Waals surface area contributed by atoms with Gasteiger partial charge in [-0.05, 0) is 107 Å². The number of benzene rings is 1. The Morgan fingerprint density at radius 1 is 0.659 bits per heavy atom. The van der Waals surface area contributed by atoms with Gasteiger partial charge in [-0.1, -0.05) is 77.3 Å². The number of ether oxygens (including phenoxy) is 3. The largest absolute Gasteiger partial charge is 0.493 e. The summed E-state index contributed by atoms with van der Waals surface area (Å²) in [5.41, 5.74) is 1.26. The minimum atomic E-state index is -1.50. The summed E-state index contributed by atoms with van der Waals surface area (Å²) < 4.78 is 45.5. The van der Waals surface area contributed by atoms with E-state index in [1.807, 2.05) is 12.1 Å². The van der Waals surface area contributed by atoms with Gasteiger partial charge in [-0.15, -0.1) is 0 Å². The lowest BCUT2D eigenvalue weighted by Crippen LogP contribution is -2.30. The third kappa shape index (κ3) is 13.4. The third-order valence-electron chi connectivity index (χ3n) is 9.50. The second-order valence-electron chi connectivity index (χ2n) is 13.2. The Morgan fingerprint density at radius 2 is 1.11 bits per heavy atom. The number of hydrogen-bond donors (Lipinski definition) is 0. The summed E-state index contributed by atoms with van der Waals surface area (Å²) >= 11 is 0. The molecule has 0 saturated heterocycles. The van der Waals surface area contributed by atoms with E-state index < -0.39 is 24.3 Å². The summed E-state index contributed by atoms with van der Waals surface area (Å²) in [5.74, 6) is 0.269. The van der Waals surface area contributed by atoms with Crippen LogP contribution >= 0.6 is 0 Å². The molecular weight excluding hydrogens is 562 g/mol. The van der Waals surface area contributed by atoms with Gasteiger partial charge >= 0.3 is 11.9 Å². The molecule has 0 spiro atoms. The SMILES string of the molecule is CCCCCCCC(F)C(=O)OC1CCC(COc2ccc(C3CCC(OC(=O)[C@@H](F)CCCCCCC)CC3)cc2)CC1. The van der Waals surface area contributed by atoms with Crippen LogP contribution in [0.2, 0.25) is 0 Å². The maximum absolute atomic E-state index is 14.3. The molecule has 1 unspecified atom stereocenters. The molecule has 0 amide bonds. The van der Waals surface area contributed by atoms with Crippen molar-refractivity contribution in [1.82, 2.24) is 0 Å². The zero-order chi connectivity index (χ0) is 31.6. The van der Waals surface area contributed by atoms with Gasteiger partial charge in [0, 0.05) is 0 Å². The van der Waals surface area contributed by atoms with Crippen molar-refractivity contribution in [1.29, 1.82) is 0 Å². The van der Waals surface area contributed by atoms with E-state index in [2.05, 4.69) is 26.0 Å². The normalized spacial score (nSPS) is 23.5. The molecule has 2 atom stereocenters. The standard InChI is InChI=1S/C37H58F2O5/c1-3-5-7-9-11-13-34(38)36(40)43-32-21-15-28(16-22-32)27-42-31-23-17-29(18-24-31)30-19-25-33(26-20-30)44-37(41)35(39)14-12-10-8-6-4-2/h17-18,23-24,28,30,32-35H,3-16,19-22,25-27H2,1-2H3/t28?,30?,32?,33?,34?,35-/m0/s1. The van der Waals surface area contributed by atoms with Gasteiger partial charge in [0.05, 0.1) is 6.61 Å². The Hall–Kier alpha value is -2.18. The van der Waals surface area contributed by atoms with E-state index in [1.54, 1.807) is 0 Å². The zero-order valence-electron chi connectivity index (χ0n) is 27.4. The van der Waals surface area contributed by atoms with Crippen LogP contribution < -0.4 is 4.74 Å². The first kappa shape index (κ1) is 36.3. The molecule has 1 aromatic carbocycles. The van der Waals surface area contributed by atoms with Crippen LogP contribution in [-0.4, -0.2) is 43.1 Å². The Labute approximate surface area is 265 Å². The maximum Gasteiger partial charge on any atom is 0.340 e. The number of carbonyl (C=O) groups is 2. The quantitative estimate of drug-likeness (QED) is 0.107. The molecule has 0 heterocycles. The number of alkyl halides is 2. The van der Waals surface area contributed by atoms with Gasteiger partial charge < -0.3 is 14.2 Å². The van der Waals surface area contributed by atoms with E-state index in [1.165, 1.54) is 5.56 Å². The molecule has 2 fully saturated rings. The summed E-state index contributed by atoms with van der Waals surface area (Å²) in [6, 6.07) is 8.28. The minimum absolute atomic E-state index is 0.183. The van der Waals surface area contributed by atoms with Crippen LogP contribution in [0.5, 0.6) is 5.75 Å². The summed E-state index contributed by atoms with van der Waals surface area (Å²) in [4.78, 5) is 24.3. The molecule has 0 aliphatic heterocycles. The number of rotatable bonds is 20. The van der Waals surface area contributed by atoms with E-state index in [-0.39, 0.29) is 25.0 Å². The van der Waals surface area contributed by atoms with E-state index in [9.17, 15) is 18.4 Å². The van der Waals surface area contributed by atoms with Crippen LogP contribution in [0.1, 0.15) is 154 Å². The molecular formula is C37H58F2O5. The lowest BCUT2D eigenvalue weighted by Gasteiger charge is -2.29. The predicted octanol–water partition coefficient (Wildman–Crippen LogP) is 10.1. The van der Waals surface area contributed by atoms with Gasteiger partial charge in [0.2, 0.25) is 0 Å². The highest BCUT2D eigenvalue weighted by molar-refractivity contribution is 5.75. The third-order valence-corrected chi connectivity index (χ3v) is 9.50. The second kappa shape index (κ2) is 20.8. The highest BCUT2D eigenvalue weighted by Gasteiger charge is 2.29. The molecule has 5 nitrogen and oxygen atoms in total. The fourth-order valence-corrected chi connectivity index (χ4v) is 6.55. The first-order valence-corrected chi connectivity index (χ1v) is 17.8. The topological polar surface area (TPSA) is 61.8 Å². The second-order valence-corrected chi connectivity index (χ2v) is 13.2. The predicted molar refractivity (Wildman–Crippen MR) is 171 cm³/mol. The van der Waals surface area contributed by atoms with E-state index >= 15 is 0 Å². The van der Waals surface area contributed by atoms with Crippen LogP contribution in [-0.2, 0) is 19.1 Å². The number of carbonyl (C=O) groups excluding carboxylic acids is 2. The lowest BCUT2D eigenvalue weighted by molar-refractivity contribution is -0.158. The number of halogens is 2. The smallest absolute Gasteiger partial charge is 0.340 e. The minimum Gasteiger partial charge on any atom is -0.493 e. The van der Waals surface area contributed by atoms with Crippen molar-refractivity contribution >= 4 is 11.9 Å². The van der Waals surface area contributed by atoms with Crippen molar-refractivity contribution in [2.24, 2.45) is 5.92 Å².